The van der Waals surface area contributed by atoms with E-state index in [1.165, 1.54) is 5.56 Å². The average Bonchev–Trinajstić information content (AvgIpc) is 2.45. The number of hydrogen-bond acceptors (Lipinski definition) is 4. The van der Waals surface area contributed by atoms with Crippen molar-refractivity contribution in [2.75, 3.05) is 31.1 Å². The summed E-state index contributed by atoms with van der Waals surface area (Å²) in [7, 11) is 0. The molecule has 0 unspecified atom stereocenters. The molecule has 1 aromatic heterocycles. The van der Waals surface area contributed by atoms with Crippen molar-refractivity contribution in [2.24, 2.45) is 5.41 Å². The number of likely N-dealkylation sites (tertiary alicyclic amines) is 1. The van der Waals surface area contributed by atoms with Crippen LogP contribution in [0.1, 0.15) is 5.56 Å². The molecule has 6 heteroatoms. The summed E-state index contributed by atoms with van der Waals surface area (Å²) in [5, 5.41) is 6.33. The largest absolute Gasteiger partial charge is 0.368 e. The van der Waals surface area contributed by atoms with Crippen LogP contribution in [0.3, 0.4) is 0 Å². The molecule has 2 saturated heterocycles. The Bertz CT molecular complexity index is 731. The van der Waals surface area contributed by atoms with Gasteiger partial charge in [-0.2, -0.15) is 5.10 Å². The zero-order valence-electron chi connectivity index (χ0n) is 12.1. The molecular formula is C16H17BrN4O. The molecule has 5 nitrogen and oxygen atoms in total. The highest BCUT2D eigenvalue weighted by molar-refractivity contribution is 9.10. The van der Waals surface area contributed by atoms with Crippen molar-refractivity contribution in [3.63, 3.8) is 0 Å². The Balaban J connectivity index is 1.35. The fourth-order valence-corrected chi connectivity index (χ4v) is 4.03. The van der Waals surface area contributed by atoms with Crippen LogP contribution in [0.2, 0.25) is 0 Å². The monoisotopic (exact) mass is 360 g/mol. The number of halogens is 1. The predicted molar refractivity (Wildman–Crippen MR) is 88.9 cm³/mol. The van der Waals surface area contributed by atoms with E-state index in [9.17, 15) is 4.79 Å². The Labute approximate surface area is 137 Å². The quantitative estimate of drug-likeness (QED) is 0.907. The van der Waals surface area contributed by atoms with Gasteiger partial charge in [0, 0.05) is 38.1 Å². The minimum Gasteiger partial charge on any atom is -0.368 e. The highest BCUT2D eigenvalue weighted by atomic mass is 79.9. The second-order valence-electron chi connectivity index (χ2n) is 6.39. The normalized spacial score (nSPS) is 19.8. The summed E-state index contributed by atoms with van der Waals surface area (Å²) >= 11 is 3.35. The highest BCUT2D eigenvalue weighted by Gasteiger charge is 2.51. The van der Waals surface area contributed by atoms with E-state index in [1.807, 2.05) is 0 Å². The first-order valence-electron chi connectivity index (χ1n) is 7.40. The van der Waals surface area contributed by atoms with Gasteiger partial charge >= 0.3 is 0 Å². The number of aromatic amines is 1. The average molecular weight is 361 g/mol. The lowest BCUT2D eigenvalue weighted by Gasteiger charge is -2.61. The molecule has 2 aliphatic rings. The molecule has 0 aliphatic carbocycles. The molecule has 1 spiro atoms. The summed E-state index contributed by atoms with van der Waals surface area (Å²) in [6.45, 7) is 5.29. The van der Waals surface area contributed by atoms with Crippen LogP contribution in [-0.2, 0) is 6.54 Å². The van der Waals surface area contributed by atoms with Crippen LogP contribution < -0.4 is 10.5 Å². The van der Waals surface area contributed by atoms with Gasteiger partial charge in [-0.3, -0.25) is 9.69 Å². The third-order valence-corrected chi connectivity index (χ3v) is 5.30. The van der Waals surface area contributed by atoms with Gasteiger partial charge in [-0.25, -0.2) is 5.10 Å². The first-order chi connectivity index (χ1) is 10.7. The lowest BCUT2D eigenvalue weighted by atomic mass is 9.72. The summed E-state index contributed by atoms with van der Waals surface area (Å²) in [5.41, 5.74) is 2.50. The number of H-pyrrole nitrogens is 1. The van der Waals surface area contributed by atoms with Gasteiger partial charge in [-0.15, -0.1) is 0 Å². The molecule has 4 rings (SSSR count). The number of nitrogens with one attached hydrogen (secondary N) is 1. The number of aromatic nitrogens is 2. The number of anilines is 1. The molecule has 0 atom stereocenters. The summed E-state index contributed by atoms with van der Waals surface area (Å²) in [4.78, 5) is 16.3. The molecular weight excluding hydrogens is 344 g/mol. The third kappa shape index (κ3) is 2.36. The van der Waals surface area contributed by atoms with Gasteiger partial charge in [-0.1, -0.05) is 30.3 Å². The van der Waals surface area contributed by atoms with Crippen LogP contribution in [0.15, 0.2) is 45.8 Å². The lowest BCUT2D eigenvalue weighted by molar-refractivity contribution is -0.0274. The molecule has 3 heterocycles. The van der Waals surface area contributed by atoms with E-state index in [0.29, 0.717) is 9.89 Å². The van der Waals surface area contributed by atoms with Crippen molar-refractivity contribution in [2.45, 2.75) is 6.54 Å². The molecule has 2 aromatic rings. The molecule has 0 amide bonds. The van der Waals surface area contributed by atoms with Crippen LogP contribution in [0.5, 0.6) is 0 Å². The van der Waals surface area contributed by atoms with Crippen molar-refractivity contribution >= 4 is 21.6 Å². The summed E-state index contributed by atoms with van der Waals surface area (Å²) in [6, 6.07) is 10.6. The fraction of sp³-hybridized carbons (Fsp3) is 0.375. The SMILES string of the molecule is O=c1[nH]ncc(N2CC3(CN(Cc4ccccc4)C3)C2)c1Br. The first kappa shape index (κ1) is 14.0. The predicted octanol–water partition coefficient (Wildman–Crippen LogP) is 1.85. The maximum atomic E-state index is 11.6. The molecule has 22 heavy (non-hydrogen) atoms. The third-order valence-electron chi connectivity index (χ3n) is 4.54. The van der Waals surface area contributed by atoms with Gasteiger partial charge < -0.3 is 4.90 Å². The van der Waals surface area contributed by atoms with Gasteiger partial charge in [0.2, 0.25) is 0 Å². The molecule has 0 radical (unpaired) electrons. The van der Waals surface area contributed by atoms with Crippen molar-refractivity contribution in [1.29, 1.82) is 0 Å². The maximum absolute atomic E-state index is 11.6. The van der Waals surface area contributed by atoms with Crippen LogP contribution in [0.25, 0.3) is 0 Å². The number of hydrogen-bond donors (Lipinski definition) is 1. The molecule has 0 saturated carbocycles. The maximum Gasteiger partial charge on any atom is 0.280 e. The van der Waals surface area contributed by atoms with E-state index < -0.39 is 0 Å². The highest BCUT2D eigenvalue weighted by Crippen LogP contribution is 2.43. The van der Waals surface area contributed by atoms with Crippen LogP contribution in [0, 0.1) is 5.41 Å². The minimum absolute atomic E-state index is 0.169. The molecule has 0 bridgehead atoms. The molecule has 2 aliphatic heterocycles. The Hall–Kier alpha value is -1.66. The second-order valence-corrected chi connectivity index (χ2v) is 7.18. The second kappa shape index (κ2) is 5.21. The summed E-state index contributed by atoms with van der Waals surface area (Å²) in [5.74, 6) is 0. The van der Waals surface area contributed by atoms with E-state index in [-0.39, 0.29) is 5.56 Å². The minimum atomic E-state index is -0.169. The van der Waals surface area contributed by atoms with Crippen LogP contribution >= 0.6 is 15.9 Å². The molecule has 1 N–H and O–H groups in total. The standard InChI is InChI=1S/C16H17BrN4O/c17-14-13(6-18-19-15(14)22)21-10-16(11-21)8-20(9-16)7-12-4-2-1-3-5-12/h1-6H,7-11H2,(H,19,22). The van der Waals surface area contributed by atoms with Gasteiger partial charge in [0.25, 0.3) is 5.56 Å². The topological polar surface area (TPSA) is 52.2 Å². The lowest BCUT2D eigenvalue weighted by Crippen LogP contribution is -2.72. The van der Waals surface area contributed by atoms with Crippen molar-refractivity contribution in [3.05, 3.63) is 56.9 Å². The van der Waals surface area contributed by atoms with E-state index in [1.54, 1.807) is 6.20 Å². The van der Waals surface area contributed by atoms with E-state index in [2.05, 4.69) is 66.3 Å². The van der Waals surface area contributed by atoms with Crippen molar-refractivity contribution in [1.82, 2.24) is 15.1 Å². The molecule has 2 fully saturated rings. The van der Waals surface area contributed by atoms with Crippen LogP contribution in [-0.4, -0.2) is 41.3 Å². The molecule has 1 aromatic carbocycles. The Kier molecular flexibility index (Phi) is 3.31. The Morgan fingerprint density at radius 1 is 1.18 bits per heavy atom. The Morgan fingerprint density at radius 2 is 1.91 bits per heavy atom. The van der Waals surface area contributed by atoms with E-state index in [0.717, 1.165) is 38.4 Å². The number of nitrogens with zero attached hydrogens (tertiary/aromatic N) is 3. The Morgan fingerprint density at radius 3 is 2.64 bits per heavy atom. The summed E-state index contributed by atoms with van der Waals surface area (Å²) in [6.07, 6.45) is 1.72. The van der Waals surface area contributed by atoms with E-state index >= 15 is 0 Å². The van der Waals surface area contributed by atoms with Gasteiger partial charge in [0.05, 0.1) is 11.9 Å². The van der Waals surface area contributed by atoms with Gasteiger partial charge in [0.1, 0.15) is 4.47 Å². The van der Waals surface area contributed by atoms with Crippen molar-refractivity contribution < 1.29 is 0 Å². The number of rotatable bonds is 3. The van der Waals surface area contributed by atoms with Gasteiger partial charge in [0.15, 0.2) is 0 Å². The van der Waals surface area contributed by atoms with E-state index in [4.69, 9.17) is 0 Å². The van der Waals surface area contributed by atoms with Gasteiger partial charge in [-0.05, 0) is 21.5 Å². The zero-order valence-corrected chi connectivity index (χ0v) is 13.7. The summed E-state index contributed by atoms with van der Waals surface area (Å²) < 4.78 is 0.581. The zero-order chi connectivity index (χ0) is 15.2. The van der Waals surface area contributed by atoms with Crippen LogP contribution in [0.4, 0.5) is 5.69 Å². The smallest absolute Gasteiger partial charge is 0.280 e. The molecule has 114 valence electrons. The first-order valence-corrected chi connectivity index (χ1v) is 8.19. The fourth-order valence-electron chi connectivity index (χ4n) is 3.58. The van der Waals surface area contributed by atoms with Crippen molar-refractivity contribution in [3.8, 4) is 0 Å². The number of benzene rings is 1.